The molecule has 1 aliphatic heterocycles. The van der Waals surface area contributed by atoms with Gasteiger partial charge in [-0.15, -0.1) is 0 Å². The van der Waals surface area contributed by atoms with Gasteiger partial charge in [-0.25, -0.2) is 4.39 Å². The third kappa shape index (κ3) is 5.96. The molecule has 1 atom stereocenters. The molecule has 1 aromatic rings. The van der Waals surface area contributed by atoms with Crippen molar-refractivity contribution in [1.29, 1.82) is 0 Å². The van der Waals surface area contributed by atoms with Gasteiger partial charge in [-0.1, -0.05) is 6.07 Å². The molecule has 0 aromatic heterocycles. The van der Waals surface area contributed by atoms with Crippen molar-refractivity contribution in [3.05, 3.63) is 35.6 Å². The van der Waals surface area contributed by atoms with E-state index in [-0.39, 0.29) is 11.7 Å². The van der Waals surface area contributed by atoms with Crippen molar-refractivity contribution in [1.82, 2.24) is 10.6 Å². The van der Waals surface area contributed by atoms with Crippen LogP contribution in [0.15, 0.2) is 24.3 Å². The van der Waals surface area contributed by atoms with E-state index in [1.165, 1.54) is 18.2 Å². The van der Waals surface area contributed by atoms with Crippen LogP contribution in [-0.2, 0) is 19.1 Å². The maximum Gasteiger partial charge on any atom is 0.325 e. The number of hydrogen-bond donors (Lipinski definition) is 2. The highest BCUT2D eigenvalue weighted by Crippen LogP contribution is 2.10. The topological polar surface area (TPSA) is 93.7 Å². The number of carbonyl (C=O) groups excluding carboxylic acids is 3. The minimum Gasteiger partial charge on any atom is -0.454 e. The highest BCUT2D eigenvalue weighted by Gasteiger charge is 2.17. The lowest BCUT2D eigenvalue weighted by Crippen LogP contribution is -2.36. The van der Waals surface area contributed by atoms with Gasteiger partial charge in [0.25, 0.3) is 11.8 Å². The number of hydrogen-bond acceptors (Lipinski definition) is 5. The molecule has 8 heteroatoms. The van der Waals surface area contributed by atoms with Crippen LogP contribution in [0, 0.1) is 5.82 Å². The summed E-state index contributed by atoms with van der Waals surface area (Å²) < 4.78 is 23.1. The van der Waals surface area contributed by atoms with Gasteiger partial charge in [-0.2, -0.15) is 0 Å². The Kier molecular flexibility index (Phi) is 6.68. The number of halogens is 1. The summed E-state index contributed by atoms with van der Waals surface area (Å²) >= 11 is 0. The van der Waals surface area contributed by atoms with Crippen LogP contribution in [0.25, 0.3) is 0 Å². The molecular weight excluding hydrogens is 319 g/mol. The number of carbonyl (C=O) groups is 3. The molecule has 1 aliphatic rings. The zero-order chi connectivity index (χ0) is 17.4. The maximum atomic E-state index is 13.0. The molecule has 0 aliphatic carbocycles. The third-order valence-electron chi connectivity index (χ3n) is 3.40. The average molecular weight is 338 g/mol. The first-order chi connectivity index (χ1) is 11.5. The monoisotopic (exact) mass is 338 g/mol. The lowest BCUT2D eigenvalue weighted by Gasteiger charge is -2.11. The molecule has 1 fully saturated rings. The number of rotatable bonds is 7. The fraction of sp³-hybridized carbons (Fsp3) is 0.438. The Morgan fingerprint density at radius 3 is 2.83 bits per heavy atom. The summed E-state index contributed by atoms with van der Waals surface area (Å²) in [6, 6.07) is 5.07. The van der Waals surface area contributed by atoms with Gasteiger partial charge in [-0.3, -0.25) is 14.4 Å². The number of ether oxygens (including phenoxy) is 2. The first-order valence-electron chi connectivity index (χ1n) is 7.62. The van der Waals surface area contributed by atoms with E-state index in [0.29, 0.717) is 13.2 Å². The molecule has 24 heavy (non-hydrogen) atoms. The highest BCUT2D eigenvalue weighted by molar-refractivity contribution is 5.96. The van der Waals surface area contributed by atoms with Crippen LogP contribution in [0.2, 0.25) is 0 Å². The predicted octanol–water partition coefficient (Wildman–Crippen LogP) is 0.394. The van der Waals surface area contributed by atoms with Gasteiger partial charge in [0.15, 0.2) is 6.61 Å². The Labute approximate surface area is 138 Å². The Hall–Kier alpha value is -2.48. The van der Waals surface area contributed by atoms with E-state index in [1.54, 1.807) is 0 Å². The van der Waals surface area contributed by atoms with Crippen molar-refractivity contribution >= 4 is 17.8 Å². The molecule has 1 aromatic carbocycles. The number of amides is 2. The second-order valence-corrected chi connectivity index (χ2v) is 5.29. The summed E-state index contributed by atoms with van der Waals surface area (Å²) in [6.45, 7) is 0.239. The van der Waals surface area contributed by atoms with Gasteiger partial charge < -0.3 is 20.1 Å². The Balaban J connectivity index is 1.62. The average Bonchev–Trinajstić information content (AvgIpc) is 3.09. The summed E-state index contributed by atoms with van der Waals surface area (Å²) in [4.78, 5) is 34.7. The highest BCUT2D eigenvalue weighted by atomic mass is 19.1. The minimum atomic E-state index is -0.757. The number of esters is 1. The molecule has 130 valence electrons. The van der Waals surface area contributed by atoms with Crippen molar-refractivity contribution < 1.29 is 28.2 Å². The van der Waals surface area contributed by atoms with Crippen LogP contribution < -0.4 is 10.6 Å². The zero-order valence-corrected chi connectivity index (χ0v) is 13.0. The SMILES string of the molecule is O=C(COC(=O)CNC(=O)c1cccc(F)c1)NC[C@H]1CCCO1. The standard InChI is InChI=1S/C16H19FN2O5/c17-12-4-1-3-11(7-12)16(22)19-9-15(21)24-10-14(20)18-8-13-5-2-6-23-13/h1,3-4,7,13H,2,5-6,8-10H2,(H,18,20)(H,19,22)/t13-/m1/s1. The summed E-state index contributed by atoms with van der Waals surface area (Å²) in [5.41, 5.74) is 0.0945. The molecule has 0 radical (unpaired) electrons. The van der Waals surface area contributed by atoms with Crippen molar-refractivity contribution in [3.63, 3.8) is 0 Å². The van der Waals surface area contributed by atoms with E-state index >= 15 is 0 Å². The molecule has 0 unspecified atom stereocenters. The van der Waals surface area contributed by atoms with E-state index in [9.17, 15) is 18.8 Å². The summed E-state index contributed by atoms with van der Waals surface area (Å²) in [6.07, 6.45) is 1.88. The van der Waals surface area contributed by atoms with E-state index in [0.717, 1.165) is 18.9 Å². The Bertz CT molecular complexity index is 602. The lowest BCUT2D eigenvalue weighted by molar-refractivity contribution is -0.147. The van der Waals surface area contributed by atoms with Crippen molar-refractivity contribution in [2.75, 3.05) is 26.3 Å². The van der Waals surface area contributed by atoms with Gasteiger partial charge in [0.1, 0.15) is 12.4 Å². The second-order valence-electron chi connectivity index (χ2n) is 5.29. The van der Waals surface area contributed by atoms with Gasteiger partial charge >= 0.3 is 5.97 Å². The van der Waals surface area contributed by atoms with Gasteiger partial charge in [0.2, 0.25) is 0 Å². The first-order valence-corrected chi connectivity index (χ1v) is 7.62. The number of nitrogens with one attached hydrogen (secondary N) is 2. The predicted molar refractivity (Wildman–Crippen MR) is 81.7 cm³/mol. The van der Waals surface area contributed by atoms with E-state index in [2.05, 4.69) is 10.6 Å². The first kappa shape index (κ1) is 17.9. The molecule has 1 heterocycles. The zero-order valence-electron chi connectivity index (χ0n) is 13.0. The van der Waals surface area contributed by atoms with Crippen LogP contribution in [0.3, 0.4) is 0 Å². The normalized spacial score (nSPS) is 16.5. The molecule has 0 saturated carbocycles. The lowest BCUT2D eigenvalue weighted by atomic mass is 10.2. The Morgan fingerprint density at radius 1 is 1.29 bits per heavy atom. The maximum absolute atomic E-state index is 13.0. The van der Waals surface area contributed by atoms with Crippen LogP contribution in [-0.4, -0.2) is 50.2 Å². The van der Waals surface area contributed by atoms with Crippen molar-refractivity contribution in [3.8, 4) is 0 Å². The quantitative estimate of drug-likeness (QED) is 0.702. The van der Waals surface area contributed by atoms with Crippen LogP contribution in [0.5, 0.6) is 0 Å². The number of benzene rings is 1. The molecule has 7 nitrogen and oxygen atoms in total. The fourth-order valence-electron chi connectivity index (χ4n) is 2.17. The minimum absolute atomic E-state index is 0.00945. The molecule has 1 saturated heterocycles. The Morgan fingerprint density at radius 2 is 2.12 bits per heavy atom. The molecular formula is C16H19FN2O5. The van der Waals surface area contributed by atoms with Gasteiger partial charge in [0.05, 0.1) is 6.10 Å². The van der Waals surface area contributed by atoms with Gasteiger partial charge in [-0.05, 0) is 31.0 Å². The van der Waals surface area contributed by atoms with Crippen molar-refractivity contribution in [2.45, 2.75) is 18.9 Å². The summed E-state index contributed by atoms with van der Waals surface area (Å²) in [7, 11) is 0. The molecule has 0 bridgehead atoms. The largest absolute Gasteiger partial charge is 0.454 e. The smallest absolute Gasteiger partial charge is 0.325 e. The van der Waals surface area contributed by atoms with E-state index in [1.807, 2.05) is 0 Å². The molecule has 2 rings (SSSR count). The third-order valence-corrected chi connectivity index (χ3v) is 3.40. The van der Waals surface area contributed by atoms with Crippen molar-refractivity contribution in [2.24, 2.45) is 0 Å². The van der Waals surface area contributed by atoms with E-state index < -0.39 is 36.8 Å². The van der Waals surface area contributed by atoms with Crippen LogP contribution in [0.4, 0.5) is 4.39 Å². The van der Waals surface area contributed by atoms with E-state index in [4.69, 9.17) is 9.47 Å². The molecule has 0 spiro atoms. The van der Waals surface area contributed by atoms with Crippen LogP contribution >= 0.6 is 0 Å². The molecule has 2 amide bonds. The second kappa shape index (κ2) is 8.97. The van der Waals surface area contributed by atoms with Gasteiger partial charge in [0, 0.05) is 18.7 Å². The molecule has 2 N–H and O–H groups in total. The summed E-state index contributed by atoms with van der Waals surface area (Å²) in [5, 5.41) is 4.90. The summed E-state index contributed by atoms with van der Waals surface area (Å²) in [5.74, 6) is -2.34. The fourth-order valence-corrected chi connectivity index (χ4v) is 2.17. The van der Waals surface area contributed by atoms with Crippen LogP contribution in [0.1, 0.15) is 23.2 Å².